The molecule has 0 aliphatic heterocycles. The van der Waals surface area contributed by atoms with E-state index in [0.29, 0.717) is 0 Å². The number of nitrogens with two attached hydrogens (primary N) is 1. The number of carbonyl (C=O) groups is 2. The smallest absolute Gasteiger partial charge is 0.342 e. The number of halogens is 1. The SMILES string of the molecule is N#CCOc1ccc(Cl)cc1-c1c(C(=O)O)c(N)[nH]c(=O)c1C(=O)O. The first-order chi connectivity index (χ1) is 11.8. The maximum Gasteiger partial charge on any atom is 0.342 e. The van der Waals surface area contributed by atoms with Crippen LogP contribution in [0.3, 0.4) is 0 Å². The third-order valence-electron chi connectivity index (χ3n) is 3.18. The quantitative estimate of drug-likeness (QED) is 0.620. The van der Waals surface area contributed by atoms with E-state index in [9.17, 15) is 24.6 Å². The fraction of sp³-hybridized carbons (Fsp3) is 0.0667. The number of aromatic carboxylic acids is 2. The number of H-pyrrole nitrogens is 1. The van der Waals surface area contributed by atoms with E-state index in [0.717, 1.165) is 0 Å². The van der Waals surface area contributed by atoms with E-state index in [2.05, 4.69) is 0 Å². The van der Waals surface area contributed by atoms with Crippen LogP contribution in [0.25, 0.3) is 11.1 Å². The van der Waals surface area contributed by atoms with Crippen molar-refractivity contribution in [2.45, 2.75) is 0 Å². The van der Waals surface area contributed by atoms with Gasteiger partial charge in [-0.3, -0.25) is 4.79 Å². The van der Waals surface area contributed by atoms with Crippen molar-refractivity contribution in [2.24, 2.45) is 0 Å². The van der Waals surface area contributed by atoms with Gasteiger partial charge in [-0.25, -0.2) is 9.59 Å². The third kappa shape index (κ3) is 3.39. The number of ether oxygens (including phenoxy) is 1. The van der Waals surface area contributed by atoms with Crippen molar-refractivity contribution in [1.82, 2.24) is 4.98 Å². The van der Waals surface area contributed by atoms with Crippen LogP contribution in [0.2, 0.25) is 5.02 Å². The van der Waals surface area contributed by atoms with Gasteiger partial charge in [0, 0.05) is 16.1 Å². The maximum atomic E-state index is 12.0. The van der Waals surface area contributed by atoms with Gasteiger partial charge >= 0.3 is 11.9 Å². The first-order valence-electron chi connectivity index (χ1n) is 6.60. The molecule has 0 fully saturated rings. The molecular formula is C15H10ClN3O6. The summed E-state index contributed by atoms with van der Waals surface area (Å²) in [5.74, 6) is -3.77. The van der Waals surface area contributed by atoms with Crippen LogP contribution in [0, 0.1) is 11.3 Å². The summed E-state index contributed by atoms with van der Waals surface area (Å²) in [4.78, 5) is 37.1. The van der Waals surface area contributed by atoms with Crippen LogP contribution in [0.15, 0.2) is 23.0 Å². The largest absolute Gasteiger partial charge is 0.478 e. The van der Waals surface area contributed by atoms with E-state index in [1.54, 1.807) is 6.07 Å². The Balaban J connectivity index is 2.98. The van der Waals surface area contributed by atoms with Gasteiger partial charge in [0.2, 0.25) is 0 Å². The van der Waals surface area contributed by atoms with E-state index in [1.165, 1.54) is 18.2 Å². The van der Waals surface area contributed by atoms with Crippen molar-refractivity contribution in [3.8, 4) is 22.9 Å². The lowest BCUT2D eigenvalue weighted by atomic mass is 9.94. The minimum atomic E-state index is -1.66. The molecule has 0 aliphatic rings. The predicted molar refractivity (Wildman–Crippen MR) is 86.9 cm³/mol. The van der Waals surface area contributed by atoms with Crippen LogP contribution >= 0.6 is 11.6 Å². The van der Waals surface area contributed by atoms with Gasteiger partial charge in [-0.15, -0.1) is 0 Å². The van der Waals surface area contributed by atoms with Gasteiger partial charge in [0.1, 0.15) is 28.8 Å². The summed E-state index contributed by atoms with van der Waals surface area (Å²) in [7, 11) is 0. The zero-order chi connectivity index (χ0) is 18.7. The summed E-state index contributed by atoms with van der Waals surface area (Å²) in [6, 6.07) is 5.67. The van der Waals surface area contributed by atoms with E-state index in [4.69, 9.17) is 27.3 Å². The predicted octanol–water partition coefficient (Wildman–Crippen LogP) is 1.58. The number of hydrogen-bond donors (Lipinski definition) is 4. The second-order valence-corrected chi connectivity index (χ2v) is 5.13. The molecule has 0 saturated carbocycles. The van der Waals surface area contributed by atoms with Crippen molar-refractivity contribution in [3.05, 3.63) is 44.7 Å². The van der Waals surface area contributed by atoms with Crippen LogP contribution in [-0.2, 0) is 0 Å². The number of nitrogens with zero attached hydrogens (tertiary/aromatic N) is 1. The Bertz CT molecular complexity index is 976. The number of hydrogen-bond acceptors (Lipinski definition) is 6. The highest BCUT2D eigenvalue weighted by molar-refractivity contribution is 6.31. The summed E-state index contributed by atoms with van der Waals surface area (Å²) >= 11 is 5.91. The average Bonchev–Trinajstić information content (AvgIpc) is 2.51. The Morgan fingerprint density at radius 1 is 1.28 bits per heavy atom. The number of rotatable bonds is 5. The summed E-state index contributed by atoms with van der Waals surface area (Å²) in [5, 5.41) is 27.6. The molecule has 1 heterocycles. The van der Waals surface area contributed by atoms with Gasteiger partial charge in [0.15, 0.2) is 6.61 Å². The summed E-state index contributed by atoms with van der Waals surface area (Å²) < 4.78 is 5.19. The lowest BCUT2D eigenvalue weighted by Crippen LogP contribution is -2.24. The van der Waals surface area contributed by atoms with Gasteiger partial charge in [0.25, 0.3) is 5.56 Å². The first kappa shape index (κ1) is 17.8. The maximum absolute atomic E-state index is 12.0. The molecule has 0 spiro atoms. The topological polar surface area (TPSA) is 166 Å². The van der Waals surface area contributed by atoms with Gasteiger partial charge in [-0.05, 0) is 18.2 Å². The lowest BCUT2D eigenvalue weighted by Gasteiger charge is -2.15. The molecule has 0 amide bonds. The Morgan fingerprint density at radius 3 is 2.48 bits per heavy atom. The molecule has 128 valence electrons. The summed E-state index contributed by atoms with van der Waals surface area (Å²) in [5.41, 5.74) is 2.47. The molecule has 2 rings (SSSR count). The number of anilines is 1. The molecule has 0 atom stereocenters. The highest BCUT2D eigenvalue weighted by Crippen LogP contribution is 2.37. The number of nitriles is 1. The van der Waals surface area contributed by atoms with Crippen LogP contribution in [-0.4, -0.2) is 33.7 Å². The van der Waals surface area contributed by atoms with Crippen molar-refractivity contribution in [3.63, 3.8) is 0 Å². The molecule has 0 unspecified atom stereocenters. The molecule has 5 N–H and O–H groups in total. The summed E-state index contributed by atoms with van der Waals surface area (Å²) in [6.07, 6.45) is 0. The number of nitrogens with one attached hydrogen (secondary N) is 1. The third-order valence-corrected chi connectivity index (χ3v) is 3.41. The number of carboxylic acid groups (broad SMARTS) is 2. The molecule has 25 heavy (non-hydrogen) atoms. The fourth-order valence-corrected chi connectivity index (χ4v) is 2.42. The number of aromatic nitrogens is 1. The first-order valence-corrected chi connectivity index (χ1v) is 6.97. The standard InChI is InChI=1S/C15H10ClN3O6/c16-6-1-2-8(25-4-3-17)7(5-6)9-10(14(21)22)12(18)19-13(20)11(9)15(23)24/h1-2,5H,4H2,(H,21,22)(H,23,24)(H3,18,19,20). The molecule has 1 aromatic heterocycles. The second-order valence-electron chi connectivity index (χ2n) is 4.69. The molecule has 0 saturated heterocycles. The normalized spacial score (nSPS) is 10.1. The number of aromatic amines is 1. The van der Waals surface area contributed by atoms with Gasteiger partial charge < -0.3 is 25.7 Å². The Labute approximate surface area is 144 Å². The Morgan fingerprint density at radius 2 is 1.92 bits per heavy atom. The van der Waals surface area contributed by atoms with Crippen LogP contribution in [0.4, 0.5) is 5.82 Å². The lowest BCUT2D eigenvalue weighted by molar-refractivity contribution is 0.0695. The van der Waals surface area contributed by atoms with Crippen molar-refractivity contribution < 1.29 is 24.5 Å². The fourth-order valence-electron chi connectivity index (χ4n) is 2.25. The summed E-state index contributed by atoms with van der Waals surface area (Å²) in [6.45, 7) is -0.391. The zero-order valence-corrected chi connectivity index (χ0v) is 13.1. The monoisotopic (exact) mass is 363 g/mol. The van der Waals surface area contributed by atoms with Gasteiger partial charge in [-0.1, -0.05) is 11.6 Å². The minimum Gasteiger partial charge on any atom is -0.478 e. The van der Waals surface area contributed by atoms with Crippen LogP contribution < -0.4 is 16.0 Å². The van der Waals surface area contributed by atoms with Crippen molar-refractivity contribution in [1.29, 1.82) is 5.26 Å². The van der Waals surface area contributed by atoms with Crippen molar-refractivity contribution >= 4 is 29.4 Å². The van der Waals surface area contributed by atoms with Gasteiger partial charge in [-0.2, -0.15) is 5.26 Å². The molecule has 0 radical (unpaired) electrons. The zero-order valence-electron chi connectivity index (χ0n) is 12.4. The van der Waals surface area contributed by atoms with Crippen LogP contribution in [0.1, 0.15) is 20.7 Å². The molecule has 0 bridgehead atoms. The van der Waals surface area contributed by atoms with E-state index >= 15 is 0 Å². The number of nitrogen functional groups attached to an aromatic ring is 1. The second kappa shape index (κ2) is 6.94. The van der Waals surface area contributed by atoms with E-state index in [1.807, 2.05) is 4.98 Å². The van der Waals surface area contributed by atoms with Crippen LogP contribution in [0.5, 0.6) is 5.75 Å². The molecular weight excluding hydrogens is 354 g/mol. The molecule has 1 aromatic carbocycles. The Hall–Kier alpha value is -3.51. The van der Waals surface area contributed by atoms with E-state index < -0.39 is 46.6 Å². The Kier molecular flexibility index (Phi) is 4.95. The highest BCUT2D eigenvalue weighted by Gasteiger charge is 2.28. The molecule has 0 aliphatic carbocycles. The minimum absolute atomic E-state index is 0.0269. The van der Waals surface area contributed by atoms with Gasteiger partial charge in [0.05, 0.1) is 0 Å². The average molecular weight is 364 g/mol. The number of pyridine rings is 1. The number of carboxylic acids is 2. The number of benzene rings is 1. The molecule has 9 nitrogen and oxygen atoms in total. The molecule has 10 heteroatoms. The van der Waals surface area contributed by atoms with Crippen molar-refractivity contribution in [2.75, 3.05) is 12.3 Å². The van der Waals surface area contributed by atoms with E-state index in [-0.39, 0.29) is 16.3 Å². The highest BCUT2D eigenvalue weighted by atomic mass is 35.5. The molecule has 2 aromatic rings.